The van der Waals surface area contributed by atoms with E-state index in [2.05, 4.69) is 9.89 Å². The van der Waals surface area contributed by atoms with Gasteiger partial charge in [0.2, 0.25) is 11.6 Å². The number of fused-ring (bicyclic) bond motifs is 2. The SMILES string of the molecule is COCCNC(=O)CCC1(C)\C(=C/C=C/C=C/C=C/C2=[N+](CCCCCC(=O)O)c3ccc(S(=O)O)cc3C2(C)CCCS(=O)(=O)O)N(CCOC)c2ccc(S(=O)(=O)O)cc21. The monoisotopic (exact) mass is 920 g/mol. The Morgan fingerprint density at radius 2 is 1.56 bits per heavy atom. The highest BCUT2D eigenvalue weighted by molar-refractivity contribution is 7.86. The van der Waals surface area contributed by atoms with Gasteiger partial charge in [-0.3, -0.25) is 18.7 Å². The molecule has 340 valence electrons. The molecule has 19 heteroatoms. The second-order valence-electron chi connectivity index (χ2n) is 15.5. The van der Waals surface area contributed by atoms with E-state index in [1.54, 1.807) is 49.6 Å². The van der Waals surface area contributed by atoms with Crippen LogP contribution in [0.4, 0.5) is 11.4 Å². The van der Waals surface area contributed by atoms with Crippen LogP contribution in [0.1, 0.15) is 76.3 Å². The number of methoxy groups -OCH3 is 2. The molecule has 0 aliphatic carbocycles. The molecule has 0 aromatic heterocycles. The number of anilines is 1. The number of carbonyl (C=O) groups excluding carboxylic acids is 1. The summed E-state index contributed by atoms with van der Waals surface area (Å²) in [5.41, 5.74) is 2.73. The van der Waals surface area contributed by atoms with Crippen molar-refractivity contribution in [3.05, 3.63) is 95.8 Å². The molecule has 3 atom stereocenters. The predicted octanol–water partition coefficient (Wildman–Crippen LogP) is 5.70. The molecule has 3 unspecified atom stereocenters. The van der Waals surface area contributed by atoms with Crippen LogP contribution in [0, 0.1) is 0 Å². The minimum Gasteiger partial charge on any atom is -0.481 e. The van der Waals surface area contributed by atoms with Gasteiger partial charge in [0.25, 0.3) is 20.2 Å². The molecule has 0 saturated heterocycles. The zero-order chi connectivity index (χ0) is 45.7. The van der Waals surface area contributed by atoms with Crippen molar-refractivity contribution in [2.45, 2.75) is 85.8 Å². The lowest BCUT2D eigenvalue weighted by Crippen LogP contribution is -2.33. The van der Waals surface area contributed by atoms with Crippen molar-refractivity contribution in [3.8, 4) is 0 Å². The molecule has 2 aliphatic rings. The van der Waals surface area contributed by atoms with Crippen molar-refractivity contribution >= 4 is 60.3 Å². The molecule has 0 saturated carbocycles. The lowest BCUT2D eigenvalue weighted by molar-refractivity contribution is -0.438. The van der Waals surface area contributed by atoms with Crippen LogP contribution in [0.2, 0.25) is 0 Å². The first-order valence-corrected chi connectivity index (χ1v) is 24.4. The van der Waals surface area contributed by atoms with E-state index in [9.17, 15) is 44.3 Å². The molecular formula is C43H58N3O13S3+. The number of carboxylic acids is 1. The highest BCUT2D eigenvalue weighted by Gasteiger charge is 2.48. The molecule has 2 heterocycles. The van der Waals surface area contributed by atoms with E-state index in [4.69, 9.17) is 14.6 Å². The summed E-state index contributed by atoms with van der Waals surface area (Å²) in [5, 5.41) is 11.9. The Kier molecular flexibility index (Phi) is 18.1. The average molecular weight is 921 g/mol. The van der Waals surface area contributed by atoms with Gasteiger partial charge in [-0.15, -0.1) is 0 Å². The Balaban J connectivity index is 1.71. The van der Waals surface area contributed by atoms with Crippen LogP contribution in [-0.4, -0.2) is 115 Å². The number of ether oxygens (including phenoxy) is 2. The number of unbranched alkanes of at least 4 members (excludes halogenated alkanes) is 2. The number of hydrogen-bond donors (Lipinski definition) is 5. The number of hydrogen-bond acceptors (Lipinski definition) is 10. The highest BCUT2D eigenvalue weighted by Crippen LogP contribution is 2.51. The lowest BCUT2D eigenvalue weighted by atomic mass is 9.76. The summed E-state index contributed by atoms with van der Waals surface area (Å²) in [4.78, 5) is 25.9. The van der Waals surface area contributed by atoms with Crippen LogP contribution < -0.4 is 10.2 Å². The fourth-order valence-corrected chi connectivity index (χ4v) is 9.50. The van der Waals surface area contributed by atoms with Crippen molar-refractivity contribution in [1.29, 1.82) is 0 Å². The van der Waals surface area contributed by atoms with Crippen molar-refractivity contribution in [2.24, 2.45) is 0 Å². The van der Waals surface area contributed by atoms with E-state index in [-0.39, 0.29) is 41.4 Å². The van der Waals surface area contributed by atoms with Crippen LogP contribution in [0.15, 0.2) is 94.4 Å². The maximum Gasteiger partial charge on any atom is 0.303 e. The number of rotatable bonds is 25. The molecule has 1 amide bonds. The van der Waals surface area contributed by atoms with Gasteiger partial charge in [0.1, 0.15) is 6.54 Å². The van der Waals surface area contributed by atoms with Gasteiger partial charge >= 0.3 is 5.97 Å². The molecule has 0 fully saturated rings. The second kappa shape index (κ2) is 22.3. The Labute approximate surface area is 366 Å². The first kappa shape index (κ1) is 50.3. The van der Waals surface area contributed by atoms with Crippen molar-refractivity contribution < 1.29 is 63.4 Å². The van der Waals surface area contributed by atoms with Gasteiger partial charge in [-0.05, 0) is 87.9 Å². The third-order valence-electron chi connectivity index (χ3n) is 11.2. The second-order valence-corrected chi connectivity index (χ2v) is 19.5. The van der Waals surface area contributed by atoms with Crippen molar-refractivity contribution in [2.75, 3.05) is 57.7 Å². The summed E-state index contributed by atoms with van der Waals surface area (Å²) >= 11 is -2.28. The Bertz CT molecular complexity index is 2360. The molecule has 0 bridgehead atoms. The molecule has 2 aliphatic heterocycles. The maximum atomic E-state index is 12.9. The summed E-state index contributed by atoms with van der Waals surface area (Å²) in [6.45, 7) is 5.79. The molecule has 2 aromatic carbocycles. The van der Waals surface area contributed by atoms with Crippen LogP contribution in [-0.2, 0) is 61.2 Å². The van der Waals surface area contributed by atoms with E-state index >= 15 is 0 Å². The van der Waals surface area contributed by atoms with Crippen LogP contribution in [0.25, 0.3) is 0 Å². The molecule has 5 N–H and O–H groups in total. The Hall–Kier alpha value is -4.34. The number of allylic oxidation sites excluding steroid dienone is 8. The van der Waals surface area contributed by atoms with E-state index in [0.717, 1.165) is 22.7 Å². The summed E-state index contributed by atoms with van der Waals surface area (Å²) in [5.74, 6) is -1.54. The first-order valence-electron chi connectivity index (χ1n) is 20.2. The number of aliphatic carboxylic acids is 1. The summed E-state index contributed by atoms with van der Waals surface area (Å²) in [6, 6.07) is 9.39. The number of benzene rings is 2. The normalized spacial score (nSPS) is 20.2. The maximum absolute atomic E-state index is 12.9. The molecule has 16 nitrogen and oxygen atoms in total. The molecule has 62 heavy (non-hydrogen) atoms. The largest absolute Gasteiger partial charge is 0.481 e. The molecule has 0 radical (unpaired) electrons. The van der Waals surface area contributed by atoms with E-state index in [0.29, 0.717) is 69.8 Å². The van der Waals surface area contributed by atoms with Gasteiger partial charge in [-0.25, -0.2) is 4.21 Å². The Morgan fingerprint density at radius 1 is 0.855 bits per heavy atom. The summed E-state index contributed by atoms with van der Waals surface area (Å²) in [7, 11) is -5.67. The third kappa shape index (κ3) is 13.1. The van der Waals surface area contributed by atoms with Crippen molar-refractivity contribution in [3.63, 3.8) is 0 Å². The van der Waals surface area contributed by atoms with E-state index in [1.165, 1.54) is 19.2 Å². The van der Waals surface area contributed by atoms with Gasteiger partial charge in [0.05, 0.1) is 34.2 Å². The molecule has 2 aromatic rings. The number of carboxylic acid groups (broad SMARTS) is 1. The highest BCUT2D eigenvalue weighted by atomic mass is 32.2. The number of carbonyl (C=O) groups is 2. The fraction of sp³-hybridized carbons (Fsp3) is 0.465. The first-order chi connectivity index (χ1) is 29.3. The van der Waals surface area contributed by atoms with Crippen molar-refractivity contribution in [1.82, 2.24) is 5.32 Å². The van der Waals surface area contributed by atoms with Crippen LogP contribution >= 0.6 is 0 Å². The van der Waals surface area contributed by atoms with Gasteiger partial charge in [0, 0.05) is 81.1 Å². The van der Waals surface area contributed by atoms with E-state index < -0.39 is 53.9 Å². The van der Waals surface area contributed by atoms with Gasteiger partial charge in [0.15, 0.2) is 16.8 Å². The van der Waals surface area contributed by atoms with E-state index in [1.807, 2.05) is 43.1 Å². The molecule has 0 spiro atoms. The van der Waals surface area contributed by atoms with Gasteiger partial charge in [-0.1, -0.05) is 30.4 Å². The minimum absolute atomic E-state index is 0.0415. The lowest BCUT2D eigenvalue weighted by Gasteiger charge is -2.30. The Morgan fingerprint density at radius 3 is 2.23 bits per heavy atom. The van der Waals surface area contributed by atoms with Gasteiger partial charge < -0.3 is 29.3 Å². The zero-order valence-electron chi connectivity index (χ0n) is 35.5. The van der Waals surface area contributed by atoms with Gasteiger partial charge in [-0.2, -0.15) is 21.4 Å². The smallest absolute Gasteiger partial charge is 0.303 e. The fourth-order valence-electron chi connectivity index (χ4n) is 8.08. The third-order valence-corrected chi connectivity index (χ3v) is 13.5. The number of nitrogens with zero attached hydrogens (tertiary/aromatic N) is 2. The average Bonchev–Trinajstić information content (AvgIpc) is 3.57. The molecule has 4 rings (SSSR count). The topological polar surface area (TPSA) is 237 Å². The number of nitrogens with one attached hydrogen (secondary N) is 1. The molecular weight excluding hydrogens is 863 g/mol. The van der Waals surface area contributed by atoms with Crippen LogP contribution in [0.5, 0.6) is 0 Å². The summed E-state index contributed by atoms with van der Waals surface area (Å²) < 4.78 is 102. The quantitative estimate of drug-likeness (QED) is 0.0264. The van der Waals surface area contributed by atoms with Crippen LogP contribution in [0.3, 0.4) is 0 Å². The predicted molar refractivity (Wildman–Crippen MR) is 237 cm³/mol. The number of amides is 1. The minimum atomic E-state index is -4.53. The standard InChI is InChI=1S/C43H57N3O13S3/c1-42(22-13-29-61(52,53)54)34-30-32(60(50)51)17-19-36(34)45(25-12-8-11-16-41(48)49)38(42)14-9-6-5-7-10-15-39-43(2,23-21-40(47)44-24-27-58-3)35-31-33(62(55,56)57)18-20-37(35)46(39)26-28-59-4/h5-7,9-10,14-15,17-20,30-31H,8,11-13,16,21-29H2,1-4H3,(H4-,44,47,48,49,50,51,52,53,54,55,56,57)/p+1. The zero-order valence-corrected chi connectivity index (χ0v) is 37.9. The summed E-state index contributed by atoms with van der Waals surface area (Å²) in [6.07, 6.45) is 15.5.